The molecule has 0 aliphatic rings. The minimum absolute atomic E-state index is 0.656. The number of ether oxygens (including phenoxy) is 1. The van der Waals surface area contributed by atoms with Gasteiger partial charge in [0.1, 0.15) is 11.5 Å². The van der Waals surface area contributed by atoms with Crippen LogP contribution in [0.2, 0.25) is 0 Å². The molecule has 0 aromatic heterocycles. The first kappa shape index (κ1) is 14.4. The van der Waals surface area contributed by atoms with Crippen LogP contribution in [-0.2, 0) is 6.42 Å². The van der Waals surface area contributed by atoms with E-state index in [2.05, 4.69) is 40.4 Å². The Morgan fingerprint density at radius 2 is 1.89 bits per heavy atom. The maximum atomic E-state index is 5.85. The van der Waals surface area contributed by atoms with Crippen molar-refractivity contribution in [1.82, 2.24) is 0 Å². The summed E-state index contributed by atoms with van der Waals surface area (Å²) in [4.78, 5) is 1.23. The summed E-state index contributed by atoms with van der Waals surface area (Å²) in [5.41, 5.74) is 6.76. The molecule has 2 aromatic carbocycles. The smallest absolute Gasteiger partial charge is 0.141 e. The highest BCUT2D eigenvalue weighted by molar-refractivity contribution is 9.10. The van der Waals surface area contributed by atoms with E-state index < -0.39 is 0 Å². The predicted octanol–water partition coefficient (Wildman–Crippen LogP) is 4.46. The van der Waals surface area contributed by atoms with Crippen molar-refractivity contribution >= 4 is 27.7 Å². The number of halogens is 1. The molecule has 0 bridgehead atoms. The second-order valence-corrected chi connectivity index (χ2v) is 5.82. The number of hydrogen-bond acceptors (Lipinski definition) is 3. The molecule has 0 spiro atoms. The Kier molecular flexibility index (Phi) is 5.31. The highest BCUT2D eigenvalue weighted by Crippen LogP contribution is 2.31. The monoisotopic (exact) mass is 337 g/mol. The van der Waals surface area contributed by atoms with Crippen molar-refractivity contribution in [2.75, 3.05) is 12.8 Å². The number of nitrogens with two attached hydrogens (primary N) is 1. The molecule has 0 fully saturated rings. The summed E-state index contributed by atoms with van der Waals surface area (Å²) in [6.45, 7) is 0.656. The van der Waals surface area contributed by atoms with Crippen LogP contribution in [0.25, 0.3) is 0 Å². The molecule has 100 valence electrons. The first-order valence-corrected chi connectivity index (χ1v) is 8.05. The van der Waals surface area contributed by atoms with Gasteiger partial charge in [-0.1, -0.05) is 6.07 Å². The fourth-order valence-corrected chi connectivity index (χ4v) is 2.64. The molecule has 4 heteroatoms. The lowest BCUT2D eigenvalue weighted by Crippen LogP contribution is -2.02. The molecular weight excluding hydrogens is 322 g/mol. The summed E-state index contributed by atoms with van der Waals surface area (Å²) in [5, 5.41) is 0. The third-order valence-electron chi connectivity index (χ3n) is 2.72. The average molecular weight is 338 g/mol. The molecule has 19 heavy (non-hydrogen) atoms. The molecule has 0 saturated heterocycles. The zero-order chi connectivity index (χ0) is 13.7. The van der Waals surface area contributed by atoms with Gasteiger partial charge in [0.15, 0.2) is 0 Å². The Morgan fingerprint density at radius 3 is 2.47 bits per heavy atom. The summed E-state index contributed by atoms with van der Waals surface area (Å²) in [7, 11) is 0. The Labute approximate surface area is 126 Å². The van der Waals surface area contributed by atoms with Crippen LogP contribution in [0.3, 0.4) is 0 Å². The average Bonchev–Trinajstić information content (AvgIpc) is 2.43. The van der Waals surface area contributed by atoms with Gasteiger partial charge in [-0.2, -0.15) is 0 Å². The van der Waals surface area contributed by atoms with E-state index in [1.165, 1.54) is 10.5 Å². The standard InChI is InChI=1S/C15H16BrNOS/c1-19-13-5-3-12(4-6-13)18-15-7-2-11(8-9-17)10-14(15)16/h2-7,10H,8-9,17H2,1H3. The number of rotatable bonds is 5. The molecule has 0 atom stereocenters. The van der Waals surface area contributed by atoms with E-state index in [0.29, 0.717) is 6.54 Å². The molecule has 0 heterocycles. The molecule has 2 rings (SSSR count). The van der Waals surface area contributed by atoms with E-state index >= 15 is 0 Å². The topological polar surface area (TPSA) is 35.2 Å². The maximum absolute atomic E-state index is 5.85. The van der Waals surface area contributed by atoms with Crippen LogP contribution in [0.1, 0.15) is 5.56 Å². The summed E-state index contributed by atoms with van der Waals surface area (Å²) < 4.78 is 6.81. The summed E-state index contributed by atoms with van der Waals surface area (Å²) >= 11 is 5.25. The van der Waals surface area contributed by atoms with Crippen molar-refractivity contribution in [3.05, 3.63) is 52.5 Å². The van der Waals surface area contributed by atoms with Gasteiger partial charge in [-0.25, -0.2) is 0 Å². The SMILES string of the molecule is CSc1ccc(Oc2ccc(CCN)cc2Br)cc1. The molecule has 0 amide bonds. The second kappa shape index (κ2) is 6.98. The van der Waals surface area contributed by atoms with Crippen LogP contribution in [0.15, 0.2) is 51.8 Å². The van der Waals surface area contributed by atoms with Crippen LogP contribution in [-0.4, -0.2) is 12.8 Å². The zero-order valence-corrected chi connectivity index (χ0v) is 13.1. The van der Waals surface area contributed by atoms with Gasteiger partial charge in [0.25, 0.3) is 0 Å². The van der Waals surface area contributed by atoms with Gasteiger partial charge in [0.05, 0.1) is 4.47 Å². The predicted molar refractivity (Wildman–Crippen MR) is 85.2 cm³/mol. The molecule has 2 aromatic rings. The van der Waals surface area contributed by atoms with Crippen LogP contribution < -0.4 is 10.5 Å². The molecule has 0 aliphatic carbocycles. The first-order valence-electron chi connectivity index (χ1n) is 6.03. The lowest BCUT2D eigenvalue weighted by molar-refractivity contribution is 0.479. The summed E-state index contributed by atoms with van der Waals surface area (Å²) in [6.07, 6.45) is 2.93. The normalized spacial score (nSPS) is 10.5. The van der Waals surface area contributed by atoms with Crippen LogP contribution in [0.5, 0.6) is 11.5 Å². The van der Waals surface area contributed by atoms with E-state index in [1.54, 1.807) is 11.8 Å². The van der Waals surface area contributed by atoms with Gasteiger partial charge in [-0.15, -0.1) is 11.8 Å². The lowest BCUT2D eigenvalue weighted by Gasteiger charge is -2.09. The Morgan fingerprint density at radius 1 is 1.16 bits per heavy atom. The van der Waals surface area contributed by atoms with E-state index in [0.717, 1.165) is 22.4 Å². The highest BCUT2D eigenvalue weighted by Gasteiger charge is 2.04. The van der Waals surface area contributed by atoms with E-state index in [9.17, 15) is 0 Å². The van der Waals surface area contributed by atoms with E-state index in [4.69, 9.17) is 10.5 Å². The van der Waals surface area contributed by atoms with Crippen molar-refractivity contribution in [2.45, 2.75) is 11.3 Å². The van der Waals surface area contributed by atoms with Crippen molar-refractivity contribution in [2.24, 2.45) is 5.73 Å². The quantitative estimate of drug-likeness (QED) is 0.818. The molecule has 0 aliphatic heterocycles. The third-order valence-corrected chi connectivity index (χ3v) is 4.08. The van der Waals surface area contributed by atoms with Gasteiger partial charge in [0, 0.05) is 4.90 Å². The fourth-order valence-electron chi connectivity index (χ4n) is 1.72. The molecule has 0 radical (unpaired) electrons. The van der Waals surface area contributed by atoms with Gasteiger partial charge in [-0.05, 0) is 77.1 Å². The number of hydrogen-bond donors (Lipinski definition) is 1. The van der Waals surface area contributed by atoms with E-state index in [-0.39, 0.29) is 0 Å². The summed E-state index contributed by atoms with van der Waals surface area (Å²) in [5.74, 6) is 1.66. The van der Waals surface area contributed by atoms with Gasteiger partial charge in [-0.3, -0.25) is 0 Å². The molecule has 0 unspecified atom stereocenters. The van der Waals surface area contributed by atoms with Crippen molar-refractivity contribution in [3.8, 4) is 11.5 Å². The van der Waals surface area contributed by atoms with Crippen LogP contribution >= 0.6 is 27.7 Å². The van der Waals surface area contributed by atoms with Gasteiger partial charge < -0.3 is 10.5 Å². The Bertz CT molecular complexity index is 542. The Hall–Kier alpha value is -0.970. The van der Waals surface area contributed by atoms with Crippen LogP contribution in [0, 0.1) is 0 Å². The number of benzene rings is 2. The molecule has 2 N–H and O–H groups in total. The molecule has 0 saturated carbocycles. The van der Waals surface area contributed by atoms with Gasteiger partial charge >= 0.3 is 0 Å². The van der Waals surface area contributed by atoms with Gasteiger partial charge in [0.2, 0.25) is 0 Å². The minimum atomic E-state index is 0.656. The van der Waals surface area contributed by atoms with Crippen molar-refractivity contribution < 1.29 is 4.74 Å². The van der Waals surface area contributed by atoms with Crippen molar-refractivity contribution in [3.63, 3.8) is 0 Å². The Balaban J connectivity index is 2.13. The molecular formula is C15H16BrNOS. The second-order valence-electron chi connectivity index (χ2n) is 4.08. The third kappa shape index (κ3) is 4.00. The zero-order valence-electron chi connectivity index (χ0n) is 10.7. The maximum Gasteiger partial charge on any atom is 0.141 e. The minimum Gasteiger partial charge on any atom is -0.456 e. The van der Waals surface area contributed by atoms with Crippen LogP contribution in [0.4, 0.5) is 0 Å². The first-order chi connectivity index (χ1) is 9.22. The summed E-state index contributed by atoms with van der Waals surface area (Å²) in [6, 6.07) is 14.1. The highest BCUT2D eigenvalue weighted by atomic mass is 79.9. The largest absolute Gasteiger partial charge is 0.456 e. The molecule has 2 nitrogen and oxygen atoms in total. The van der Waals surface area contributed by atoms with E-state index in [1.807, 2.05) is 24.3 Å². The number of thioether (sulfide) groups is 1. The lowest BCUT2D eigenvalue weighted by atomic mass is 10.1. The van der Waals surface area contributed by atoms with Crippen molar-refractivity contribution in [1.29, 1.82) is 0 Å². The fraction of sp³-hybridized carbons (Fsp3) is 0.200.